The molecule has 16 heavy (non-hydrogen) atoms. The molecule has 1 amide bonds. The third-order valence-electron chi connectivity index (χ3n) is 2.96. The lowest BCUT2D eigenvalue weighted by Crippen LogP contribution is -2.39. The highest BCUT2D eigenvalue weighted by atomic mass is 79.9. The lowest BCUT2D eigenvalue weighted by atomic mass is 9.99. The number of hydrogen-bond acceptors (Lipinski definition) is 1. The fraction of sp³-hybridized carbons (Fsp3) is 0.462. The molecule has 2 rings (SSSR count). The van der Waals surface area contributed by atoms with E-state index in [1.54, 1.807) is 0 Å². The minimum absolute atomic E-state index is 0.111. The molecule has 0 spiro atoms. The molecule has 0 bridgehead atoms. The number of fused-ring (bicyclic) bond motifs is 1. The smallest absolute Gasteiger partial charge is 0.240 e. The van der Waals surface area contributed by atoms with Crippen molar-refractivity contribution in [3.05, 3.63) is 29.3 Å². The van der Waals surface area contributed by atoms with Gasteiger partial charge in [0.1, 0.15) is 0 Å². The summed E-state index contributed by atoms with van der Waals surface area (Å²) in [6.45, 7) is 4.81. The summed E-state index contributed by atoms with van der Waals surface area (Å²) < 4.78 is 0. The Morgan fingerprint density at radius 3 is 2.94 bits per heavy atom. The maximum absolute atomic E-state index is 12.0. The zero-order valence-corrected chi connectivity index (χ0v) is 11.3. The molecule has 3 heteroatoms. The minimum Gasteiger partial charge on any atom is -0.311 e. The fourth-order valence-corrected chi connectivity index (χ4v) is 2.42. The zero-order chi connectivity index (χ0) is 11.7. The maximum atomic E-state index is 12.0. The van der Waals surface area contributed by atoms with Crippen molar-refractivity contribution in [2.75, 3.05) is 11.4 Å². The Kier molecular flexibility index (Phi) is 3.33. The molecule has 86 valence electrons. The second-order valence-corrected chi connectivity index (χ2v) is 5.72. The topological polar surface area (TPSA) is 20.3 Å². The van der Waals surface area contributed by atoms with E-state index in [9.17, 15) is 4.79 Å². The monoisotopic (exact) mass is 281 g/mol. The Bertz CT molecular complexity index is 414. The van der Waals surface area contributed by atoms with E-state index in [1.165, 1.54) is 11.1 Å². The van der Waals surface area contributed by atoms with Crippen LogP contribution in [0.25, 0.3) is 0 Å². The number of carbonyl (C=O) groups excluding carboxylic acids is 1. The van der Waals surface area contributed by atoms with Crippen LogP contribution < -0.4 is 4.90 Å². The molecule has 2 nitrogen and oxygen atoms in total. The van der Waals surface area contributed by atoms with Crippen LogP contribution >= 0.6 is 15.9 Å². The van der Waals surface area contributed by atoms with Gasteiger partial charge in [-0.3, -0.25) is 4.79 Å². The highest BCUT2D eigenvalue weighted by molar-refractivity contribution is 9.10. The van der Waals surface area contributed by atoms with Gasteiger partial charge in [0.25, 0.3) is 0 Å². The van der Waals surface area contributed by atoms with E-state index in [-0.39, 0.29) is 10.7 Å². The Hall–Kier alpha value is -0.830. The van der Waals surface area contributed by atoms with Gasteiger partial charge in [-0.1, -0.05) is 33.6 Å². The second kappa shape index (κ2) is 4.58. The van der Waals surface area contributed by atoms with E-state index in [0.29, 0.717) is 0 Å². The Morgan fingerprint density at radius 1 is 1.50 bits per heavy atom. The predicted octanol–water partition coefficient (Wildman–Crippen LogP) is 3.06. The Morgan fingerprint density at radius 2 is 2.25 bits per heavy atom. The van der Waals surface area contributed by atoms with Gasteiger partial charge in [-0.15, -0.1) is 0 Å². The summed E-state index contributed by atoms with van der Waals surface area (Å²) in [5.41, 5.74) is 3.65. The summed E-state index contributed by atoms with van der Waals surface area (Å²) in [6, 6.07) is 6.33. The predicted molar refractivity (Wildman–Crippen MR) is 70.2 cm³/mol. The molecule has 0 saturated heterocycles. The van der Waals surface area contributed by atoms with Crippen LogP contribution in [0.4, 0.5) is 5.69 Å². The van der Waals surface area contributed by atoms with Crippen LogP contribution in [-0.2, 0) is 11.2 Å². The van der Waals surface area contributed by atoms with Crippen LogP contribution in [0.2, 0.25) is 0 Å². The number of nitrogens with zero attached hydrogens (tertiary/aromatic N) is 1. The Labute approximate surface area is 105 Å². The van der Waals surface area contributed by atoms with Crippen molar-refractivity contribution in [1.82, 2.24) is 0 Å². The van der Waals surface area contributed by atoms with Crippen LogP contribution in [0.5, 0.6) is 0 Å². The summed E-state index contributed by atoms with van der Waals surface area (Å²) in [5, 5.41) is 0. The summed E-state index contributed by atoms with van der Waals surface area (Å²) in [4.78, 5) is 13.8. The molecule has 1 atom stereocenters. The first-order valence-electron chi connectivity index (χ1n) is 5.64. The van der Waals surface area contributed by atoms with Gasteiger partial charge in [-0.05, 0) is 38.3 Å². The molecule has 0 N–H and O–H groups in total. The van der Waals surface area contributed by atoms with Gasteiger partial charge in [0.15, 0.2) is 0 Å². The fourth-order valence-electron chi connectivity index (χ4n) is 2.17. The average molecular weight is 282 g/mol. The molecule has 0 aromatic heterocycles. The first-order valence-corrected chi connectivity index (χ1v) is 6.56. The molecule has 0 saturated carbocycles. The molecule has 0 fully saturated rings. The average Bonchev–Trinajstić information content (AvgIpc) is 2.26. The van der Waals surface area contributed by atoms with Crippen molar-refractivity contribution in [2.45, 2.75) is 31.5 Å². The van der Waals surface area contributed by atoms with Crippen molar-refractivity contribution in [3.8, 4) is 0 Å². The van der Waals surface area contributed by atoms with E-state index in [0.717, 1.165) is 25.1 Å². The van der Waals surface area contributed by atoms with Crippen LogP contribution in [0, 0.1) is 6.92 Å². The first kappa shape index (κ1) is 11.6. The molecule has 0 radical (unpaired) electrons. The molecular formula is C13H16BrNO. The number of benzene rings is 1. The van der Waals surface area contributed by atoms with Crippen molar-refractivity contribution in [3.63, 3.8) is 0 Å². The lowest BCUT2D eigenvalue weighted by molar-refractivity contribution is -0.117. The highest BCUT2D eigenvalue weighted by Gasteiger charge is 2.24. The van der Waals surface area contributed by atoms with Crippen LogP contribution in [0.15, 0.2) is 18.2 Å². The van der Waals surface area contributed by atoms with E-state index < -0.39 is 0 Å². The quantitative estimate of drug-likeness (QED) is 0.725. The van der Waals surface area contributed by atoms with Crippen molar-refractivity contribution < 1.29 is 4.79 Å². The standard InChI is InChI=1S/C13H16BrNO/c1-9-5-6-12-11(8-9)4-3-7-15(12)13(16)10(2)14/h5-6,8,10H,3-4,7H2,1-2H3. The molecule has 1 aliphatic rings. The van der Waals surface area contributed by atoms with Gasteiger partial charge in [0, 0.05) is 12.2 Å². The largest absolute Gasteiger partial charge is 0.311 e. The van der Waals surface area contributed by atoms with E-state index in [2.05, 4.69) is 41.1 Å². The van der Waals surface area contributed by atoms with Gasteiger partial charge in [-0.25, -0.2) is 0 Å². The summed E-state index contributed by atoms with van der Waals surface area (Å²) in [5.74, 6) is 0.157. The number of rotatable bonds is 1. The highest BCUT2D eigenvalue weighted by Crippen LogP contribution is 2.29. The Balaban J connectivity index is 2.37. The molecule has 1 heterocycles. The summed E-state index contributed by atoms with van der Waals surface area (Å²) >= 11 is 3.35. The molecule has 1 aromatic rings. The third-order valence-corrected chi connectivity index (χ3v) is 3.35. The first-order chi connectivity index (χ1) is 7.59. The van der Waals surface area contributed by atoms with Crippen LogP contribution in [0.1, 0.15) is 24.5 Å². The second-order valence-electron chi connectivity index (χ2n) is 4.34. The van der Waals surface area contributed by atoms with E-state index >= 15 is 0 Å². The van der Waals surface area contributed by atoms with Gasteiger partial charge in [-0.2, -0.15) is 0 Å². The molecule has 0 aliphatic carbocycles. The number of aryl methyl sites for hydroxylation is 2. The van der Waals surface area contributed by atoms with Crippen LogP contribution in [0.3, 0.4) is 0 Å². The molecular weight excluding hydrogens is 266 g/mol. The SMILES string of the molecule is Cc1ccc2c(c1)CCCN2C(=O)C(C)Br. The number of anilines is 1. The van der Waals surface area contributed by atoms with E-state index in [1.807, 2.05) is 11.8 Å². The zero-order valence-electron chi connectivity index (χ0n) is 9.66. The number of alkyl halides is 1. The van der Waals surface area contributed by atoms with Crippen molar-refractivity contribution >= 4 is 27.5 Å². The number of halogens is 1. The normalized spacial score (nSPS) is 16.8. The number of carbonyl (C=O) groups is 1. The van der Waals surface area contributed by atoms with Crippen molar-refractivity contribution in [2.24, 2.45) is 0 Å². The number of amides is 1. The summed E-state index contributed by atoms with van der Waals surface area (Å²) in [6.07, 6.45) is 2.14. The molecule has 1 aliphatic heterocycles. The minimum atomic E-state index is -0.111. The summed E-state index contributed by atoms with van der Waals surface area (Å²) in [7, 11) is 0. The van der Waals surface area contributed by atoms with Gasteiger partial charge < -0.3 is 4.90 Å². The van der Waals surface area contributed by atoms with Crippen molar-refractivity contribution in [1.29, 1.82) is 0 Å². The third kappa shape index (κ3) is 2.14. The maximum Gasteiger partial charge on any atom is 0.240 e. The van der Waals surface area contributed by atoms with Gasteiger partial charge in [0.2, 0.25) is 5.91 Å². The van der Waals surface area contributed by atoms with Gasteiger partial charge in [0.05, 0.1) is 4.83 Å². The van der Waals surface area contributed by atoms with E-state index in [4.69, 9.17) is 0 Å². The lowest BCUT2D eigenvalue weighted by Gasteiger charge is -2.30. The number of hydrogen-bond donors (Lipinski definition) is 0. The van der Waals surface area contributed by atoms with Gasteiger partial charge >= 0.3 is 0 Å². The molecule has 1 aromatic carbocycles. The van der Waals surface area contributed by atoms with Crippen LogP contribution in [-0.4, -0.2) is 17.3 Å². The molecule has 1 unspecified atom stereocenters.